The fraction of sp³-hybridized carbons (Fsp3) is 0.222. The van der Waals surface area contributed by atoms with E-state index in [-0.39, 0.29) is 10.7 Å². The lowest BCUT2D eigenvalue weighted by molar-refractivity contribution is -0.444. The second kappa shape index (κ2) is 7.41. The monoisotopic (exact) mass is 296 g/mol. The van der Waals surface area contributed by atoms with E-state index in [9.17, 15) is 10.1 Å². The molecule has 4 heteroatoms. The average Bonchev–Trinajstić information content (AvgIpc) is 2.56. The van der Waals surface area contributed by atoms with Gasteiger partial charge in [-0.3, -0.25) is 4.90 Å². The molecular formula is C18H20N2O2. The topological polar surface area (TPSA) is 46.4 Å². The molecular weight excluding hydrogens is 276 g/mol. The Morgan fingerprint density at radius 1 is 0.909 bits per heavy atom. The van der Waals surface area contributed by atoms with Crippen LogP contribution in [0.4, 0.5) is 0 Å². The normalized spacial score (nSPS) is 10.1. The van der Waals surface area contributed by atoms with Gasteiger partial charge in [0.1, 0.15) is 0 Å². The molecule has 4 nitrogen and oxygen atoms in total. The summed E-state index contributed by atoms with van der Waals surface area (Å²) in [5.41, 5.74) is 2.37. The van der Waals surface area contributed by atoms with Crippen molar-refractivity contribution in [2.75, 3.05) is 13.1 Å². The van der Waals surface area contributed by atoms with Crippen LogP contribution in [0.1, 0.15) is 25.0 Å². The molecule has 0 aliphatic carbocycles. The highest BCUT2D eigenvalue weighted by Gasteiger charge is 2.25. The molecule has 2 rings (SSSR count). The Morgan fingerprint density at radius 3 is 1.64 bits per heavy atom. The SMILES string of the molecule is CCN(CC)C(=C(c1ccccc1)c1ccccc1)[N+](=O)[O-]. The van der Waals surface area contributed by atoms with Gasteiger partial charge in [0.25, 0.3) is 0 Å². The van der Waals surface area contributed by atoms with Crippen LogP contribution in [0, 0.1) is 10.1 Å². The van der Waals surface area contributed by atoms with Crippen LogP contribution in [0.25, 0.3) is 5.57 Å². The van der Waals surface area contributed by atoms with Gasteiger partial charge in [-0.25, -0.2) is 0 Å². The summed E-state index contributed by atoms with van der Waals surface area (Å²) < 4.78 is 0. The van der Waals surface area contributed by atoms with E-state index < -0.39 is 0 Å². The highest BCUT2D eigenvalue weighted by atomic mass is 16.6. The molecule has 0 amide bonds. The Morgan fingerprint density at radius 2 is 1.32 bits per heavy atom. The molecule has 0 radical (unpaired) electrons. The Kier molecular flexibility index (Phi) is 5.31. The van der Waals surface area contributed by atoms with E-state index in [2.05, 4.69) is 0 Å². The average molecular weight is 296 g/mol. The van der Waals surface area contributed by atoms with Crippen LogP contribution in [0.5, 0.6) is 0 Å². The van der Waals surface area contributed by atoms with Crippen LogP contribution in [-0.4, -0.2) is 22.9 Å². The zero-order valence-electron chi connectivity index (χ0n) is 12.9. The third-order valence-corrected chi connectivity index (χ3v) is 3.58. The van der Waals surface area contributed by atoms with Gasteiger partial charge in [0.05, 0.1) is 18.7 Å². The Hall–Kier alpha value is -2.62. The third-order valence-electron chi connectivity index (χ3n) is 3.58. The second-order valence-corrected chi connectivity index (χ2v) is 4.86. The van der Waals surface area contributed by atoms with Crippen molar-refractivity contribution in [2.24, 2.45) is 0 Å². The highest BCUT2D eigenvalue weighted by molar-refractivity contribution is 5.80. The van der Waals surface area contributed by atoms with Crippen LogP contribution in [0.3, 0.4) is 0 Å². The number of nitrogens with zero attached hydrogens (tertiary/aromatic N) is 2. The molecule has 0 aliphatic rings. The van der Waals surface area contributed by atoms with Gasteiger partial charge in [0, 0.05) is 0 Å². The molecule has 0 aliphatic heterocycles. The zero-order valence-corrected chi connectivity index (χ0v) is 12.9. The highest BCUT2D eigenvalue weighted by Crippen LogP contribution is 2.28. The first-order chi connectivity index (χ1) is 10.7. The lowest BCUT2D eigenvalue weighted by Gasteiger charge is -2.19. The fourth-order valence-corrected chi connectivity index (χ4v) is 2.52. The quantitative estimate of drug-likeness (QED) is 0.597. The van der Waals surface area contributed by atoms with Gasteiger partial charge >= 0.3 is 5.82 Å². The van der Waals surface area contributed by atoms with E-state index in [4.69, 9.17) is 0 Å². The van der Waals surface area contributed by atoms with Gasteiger partial charge < -0.3 is 10.1 Å². The van der Waals surface area contributed by atoms with Gasteiger partial charge in [-0.2, -0.15) is 0 Å². The van der Waals surface area contributed by atoms with Crippen molar-refractivity contribution in [1.82, 2.24) is 4.90 Å². The summed E-state index contributed by atoms with van der Waals surface area (Å²) in [4.78, 5) is 13.3. The maximum absolute atomic E-state index is 11.8. The Bertz CT molecular complexity index is 606. The summed E-state index contributed by atoms with van der Waals surface area (Å²) in [6.45, 7) is 5.05. The number of nitro groups is 1. The van der Waals surface area contributed by atoms with Crippen LogP contribution < -0.4 is 0 Å². The summed E-state index contributed by atoms with van der Waals surface area (Å²) in [6.07, 6.45) is 0. The number of benzene rings is 2. The van der Waals surface area contributed by atoms with E-state index in [0.717, 1.165) is 11.1 Å². The number of hydrogen-bond acceptors (Lipinski definition) is 3. The molecule has 0 spiro atoms. The molecule has 0 bridgehead atoms. The molecule has 2 aromatic rings. The van der Waals surface area contributed by atoms with Crippen molar-refractivity contribution < 1.29 is 4.92 Å². The van der Waals surface area contributed by atoms with Crippen LogP contribution in [0.2, 0.25) is 0 Å². The molecule has 2 aromatic carbocycles. The summed E-state index contributed by atoms with van der Waals surface area (Å²) in [5.74, 6) is 0.155. The predicted molar refractivity (Wildman–Crippen MR) is 88.8 cm³/mol. The van der Waals surface area contributed by atoms with Gasteiger partial charge in [-0.05, 0) is 29.9 Å². The summed E-state index contributed by atoms with van der Waals surface area (Å²) >= 11 is 0. The zero-order chi connectivity index (χ0) is 15.9. The first-order valence-corrected chi connectivity index (χ1v) is 7.43. The van der Waals surface area contributed by atoms with Gasteiger partial charge in [-0.1, -0.05) is 60.7 Å². The largest absolute Gasteiger partial charge is 0.358 e. The maximum atomic E-state index is 11.8. The van der Waals surface area contributed by atoms with Gasteiger partial charge in [0.2, 0.25) is 0 Å². The lowest BCUT2D eigenvalue weighted by Crippen LogP contribution is -2.28. The standard InChI is InChI=1S/C18H20N2O2/c1-3-19(4-2)18(20(21)22)17(15-11-7-5-8-12-15)16-13-9-6-10-14-16/h5-14H,3-4H2,1-2H3. The van der Waals surface area contributed by atoms with E-state index in [1.807, 2.05) is 74.5 Å². The molecule has 0 saturated carbocycles. The molecule has 0 saturated heterocycles. The Balaban J connectivity index is 2.75. The van der Waals surface area contributed by atoms with Crippen molar-refractivity contribution in [2.45, 2.75) is 13.8 Å². The summed E-state index contributed by atoms with van der Waals surface area (Å²) in [7, 11) is 0. The van der Waals surface area contributed by atoms with Gasteiger partial charge in [-0.15, -0.1) is 0 Å². The smallest absolute Gasteiger partial charge is 0.326 e. The summed E-state index contributed by atoms with van der Waals surface area (Å²) in [5, 5.41) is 11.8. The van der Waals surface area contributed by atoms with Crippen molar-refractivity contribution in [3.8, 4) is 0 Å². The predicted octanol–water partition coefficient (Wildman–Crippen LogP) is 4.02. The Labute approximate surface area is 130 Å². The van der Waals surface area contributed by atoms with E-state index in [1.165, 1.54) is 0 Å². The van der Waals surface area contributed by atoms with Crippen molar-refractivity contribution in [1.29, 1.82) is 0 Å². The lowest BCUT2D eigenvalue weighted by atomic mass is 9.97. The minimum Gasteiger partial charge on any atom is -0.358 e. The molecule has 114 valence electrons. The van der Waals surface area contributed by atoms with Crippen LogP contribution in [-0.2, 0) is 0 Å². The van der Waals surface area contributed by atoms with Crippen LogP contribution >= 0.6 is 0 Å². The van der Waals surface area contributed by atoms with Gasteiger partial charge in [0.15, 0.2) is 0 Å². The van der Waals surface area contributed by atoms with Crippen molar-refractivity contribution in [3.63, 3.8) is 0 Å². The molecule has 0 N–H and O–H groups in total. The third kappa shape index (κ3) is 3.34. The molecule has 0 unspecified atom stereocenters. The maximum Gasteiger partial charge on any atom is 0.326 e. The first-order valence-electron chi connectivity index (χ1n) is 7.43. The molecule has 0 fully saturated rings. The molecule has 0 atom stereocenters. The minimum atomic E-state index is -0.275. The molecule has 0 heterocycles. The number of hydrogen-bond donors (Lipinski definition) is 0. The fourth-order valence-electron chi connectivity index (χ4n) is 2.52. The van der Waals surface area contributed by atoms with E-state index in [1.54, 1.807) is 4.90 Å². The minimum absolute atomic E-state index is 0.155. The van der Waals surface area contributed by atoms with Crippen molar-refractivity contribution in [3.05, 3.63) is 87.7 Å². The van der Waals surface area contributed by atoms with E-state index >= 15 is 0 Å². The second-order valence-electron chi connectivity index (χ2n) is 4.86. The first kappa shape index (κ1) is 15.8. The van der Waals surface area contributed by atoms with Crippen molar-refractivity contribution >= 4 is 5.57 Å². The molecule has 22 heavy (non-hydrogen) atoms. The summed E-state index contributed by atoms with van der Waals surface area (Å²) in [6, 6.07) is 19.1. The van der Waals surface area contributed by atoms with Crippen LogP contribution in [0.15, 0.2) is 66.5 Å². The van der Waals surface area contributed by atoms with E-state index in [0.29, 0.717) is 18.7 Å². The number of rotatable bonds is 6. The molecule has 0 aromatic heterocycles.